The fourth-order valence-electron chi connectivity index (χ4n) is 5.76. The predicted octanol–water partition coefficient (Wildman–Crippen LogP) is 6.85. The third kappa shape index (κ3) is 11.4. The number of carbonyl (C=O) groups is 3. The first-order chi connectivity index (χ1) is 24.2. The highest BCUT2D eigenvalue weighted by Crippen LogP contribution is 2.31. The summed E-state index contributed by atoms with van der Waals surface area (Å²) in [6.45, 7) is 5.88. The first kappa shape index (κ1) is 39.2. The molecule has 0 bridgehead atoms. The summed E-state index contributed by atoms with van der Waals surface area (Å²) < 4.78 is 51.5. The minimum Gasteiger partial charge on any atom is -0.490 e. The van der Waals surface area contributed by atoms with Crippen molar-refractivity contribution in [2.24, 2.45) is 5.92 Å². The highest BCUT2D eigenvalue weighted by Gasteiger charge is 2.32. The van der Waals surface area contributed by atoms with Gasteiger partial charge in [0.2, 0.25) is 5.91 Å². The Labute approximate surface area is 296 Å². The van der Waals surface area contributed by atoms with Crippen LogP contribution >= 0.6 is 0 Å². The van der Waals surface area contributed by atoms with Crippen LogP contribution in [-0.4, -0.2) is 84.4 Å². The molecule has 0 saturated heterocycles. The average molecular weight is 713 g/mol. The van der Waals surface area contributed by atoms with Gasteiger partial charge < -0.3 is 35.0 Å². The van der Waals surface area contributed by atoms with Gasteiger partial charge in [0, 0.05) is 44.0 Å². The number of alkyl halides is 3. The summed E-state index contributed by atoms with van der Waals surface area (Å²) in [5, 5.41) is 15.7. The fourth-order valence-corrected chi connectivity index (χ4v) is 5.76. The molecule has 276 valence electrons. The van der Waals surface area contributed by atoms with E-state index in [4.69, 9.17) is 9.47 Å². The quantitative estimate of drug-likeness (QED) is 0.235. The SMILES string of the molecule is C[C@H]1CCCCO[C@H](CN(C)C(=O)Nc2ccc(C(F)(F)F)cc2)[C@@H](C)CN([C@@H](C)CO)C(=O)c2cc(NC(=O)Cc3ccccc3)ccc2O1. The molecule has 51 heavy (non-hydrogen) atoms. The molecular weight excluding hydrogens is 665 g/mol. The van der Waals surface area contributed by atoms with Crippen LogP contribution in [0.1, 0.15) is 61.5 Å². The second-order valence-corrected chi connectivity index (χ2v) is 13.1. The molecule has 1 heterocycles. The first-order valence-electron chi connectivity index (χ1n) is 17.1. The lowest BCUT2D eigenvalue weighted by molar-refractivity contribution is -0.137. The van der Waals surface area contributed by atoms with Crippen molar-refractivity contribution in [1.82, 2.24) is 9.80 Å². The molecule has 0 saturated carbocycles. The molecule has 0 aromatic heterocycles. The third-order valence-corrected chi connectivity index (χ3v) is 8.81. The number of aliphatic hydroxyl groups is 1. The zero-order chi connectivity index (χ0) is 37.1. The normalized spacial score (nSPS) is 19.6. The van der Waals surface area contributed by atoms with Crippen molar-refractivity contribution in [2.45, 2.75) is 70.9 Å². The molecule has 10 nitrogen and oxygen atoms in total. The van der Waals surface area contributed by atoms with Crippen molar-refractivity contribution in [1.29, 1.82) is 0 Å². The topological polar surface area (TPSA) is 120 Å². The molecule has 1 aliphatic rings. The van der Waals surface area contributed by atoms with Crippen LogP contribution in [0.5, 0.6) is 5.75 Å². The van der Waals surface area contributed by atoms with Crippen LogP contribution in [0.2, 0.25) is 0 Å². The van der Waals surface area contributed by atoms with Gasteiger partial charge in [-0.15, -0.1) is 0 Å². The van der Waals surface area contributed by atoms with E-state index in [9.17, 15) is 32.7 Å². The van der Waals surface area contributed by atoms with E-state index in [2.05, 4.69) is 10.6 Å². The maximum atomic E-state index is 14.4. The number of nitrogens with zero attached hydrogens (tertiary/aromatic N) is 2. The van der Waals surface area contributed by atoms with E-state index in [-0.39, 0.29) is 55.3 Å². The number of nitrogens with one attached hydrogen (secondary N) is 2. The summed E-state index contributed by atoms with van der Waals surface area (Å²) in [5.74, 6) is -0.622. The highest BCUT2D eigenvalue weighted by molar-refractivity contribution is 6.00. The first-order valence-corrected chi connectivity index (χ1v) is 17.1. The lowest BCUT2D eigenvalue weighted by atomic mass is 10.0. The number of hydrogen-bond acceptors (Lipinski definition) is 6. The van der Waals surface area contributed by atoms with Crippen LogP contribution in [0.15, 0.2) is 72.8 Å². The number of carbonyl (C=O) groups excluding carboxylic acids is 3. The van der Waals surface area contributed by atoms with Crippen LogP contribution in [0, 0.1) is 5.92 Å². The molecular formula is C38H47F3N4O6. The van der Waals surface area contributed by atoms with Crippen molar-refractivity contribution in [3.05, 3.63) is 89.5 Å². The Hall–Kier alpha value is -4.62. The molecule has 0 unspecified atom stereocenters. The van der Waals surface area contributed by atoms with E-state index in [1.807, 2.05) is 44.2 Å². The number of anilines is 2. The average Bonchev–Trinajstić information content (AvgIpc) is 3.09. The van der Waals surface area contributed by atoms with E-state index in [1.54, 1.807) is 32.2 Å². The zero-order valence-electron chi connectivity index (χ0n) is 29.4. The van der Waals surface area contributed by atoms with Gasteiger partial charge in [-0.1, -0.05) is 37.3 Å². The maximum Gasteiger partial charge on any atom is 0.416 e. The van der Waals surface area contributed by atoms with Gasteiger partial charge >= 0.3 is 12.2 Å². The highest BCUT2D eigenvalue weighted by atomic mass is 19.4. The van der Waals surface area contributed by atoms with Crippen molar-refractivity contribution in [3.8, 4) is 5.75 Å². The molecule has 0 spiro atoms. The summed E-state index contributed by atoms with van der Waals surface area (Å²) in [4.78, 5) is 43.3. The largest absolute Gasteiger partial charge is 0.490 e. The summed E-state index contributed by atoms with van der Waals surface area (Å²) in [5.41, 5.74) is 0.887. The number of rotatable bonds is 8. The second-order valence-electron chi connectivity index (χ2n) is 13.1. The molecule has 4 rings (SSSR count). The Balaban J connectivity index is 1.55. The van der Waals surface area contributed by atoms with Gasteiger partial charge in [-0.2, -0.15) is 13.2 Å². The van der Waals surface area contributed by atoms with Crippen molar-refractivity contribution < 1.29 is 42.1 Å². The maximum absolute atomic E-state index is 14.4. The van der Waals surface area contributed by atoms with E-state index < -0.39 is 35.8 Å². The Morgan fingerprint density at radius 3 is 2.35 bits per heavy atom. The molecule has 3 N–H and O–H groups in total. The van der Waals surface area contributed by atoms with Crippen LogP contribution < -0.4 is 15.4 Å². The lowest BCUT2D eigenvalue weighted by Crippen LogP contribution is -2.48. The summed E-state index contributed by atoms with van der Waals surface area (Å²) >= 11 is 0. The van der Waals surface area contributed by atoms with E-state index in [0.29, 0.717) is 30.9 Å². The monoisotopic (exact) mass is 712 g/mol. The lowest BCUT2D eigenvalue weighted by Gasteiger charge is -2.35. The number of likely N-dealkylation sites (N-methyl/N-ethyl adjacent to an activating group) is 1. The van der Waals surface area contributed by atoms with Gasteiger partial charge in [0.1, 0.15) is 5.75 Å². The van der Waals surface area contributed by atoms with Crippen LogP contribution in [0.4, 0.5) is 29.3 Å². The number of halogens is 3. The van der Waals surface area contributed by atoms with Crippen molar-refractivity contribution in [2.75, 3.05) is 44.0 Å². The van der Waals surface area contributed by atoms with Crippen LogP contribution in [0.25, 0.3) is 0 Å². The summed E-state index contributed by atoms with van der Waals surface area (Å²) in [7, 11) is 1.56. The Morgan fingerprint density at radius 2 is 1.69 bits per heavy atom. The van der Waals surface area contributed by atoms with Crippen LogP contribution in [-0.2, 0) is 22.1 Å². The van der Waals surface area contributed by atoms with Crippen molar-refractivity contribution in [3.63, 3.8) is 0 Å². The Morgan fingerprint density at radius 1 is 1.00 bits per heavy atom. The molecule has 13 heteroatoms. The number of amides is 4. The molecule has 0 aliphatic carbocycles. The molecule has 0 fully saturated rings. The number of hydrogen-bond donors (Lipinski definition) is 3. The van der Waals surface area contributed by atoms with Gasteiger partial charge in [0.25, 0.3) is 5.91 Å². The minimum atomic E-state index is -4.49. The standard InChI is InChI=1S/C38H47F3N4O6/c1-25-22-45(26(2)24-46)36(48)32-21-31(42-35(47)20-28-11-6-5-7-12-28)17-18-33(32)51-27(3)10-8-9-19-50-34(25)23-44(4)37(49)43-30-15-13-29(14-16-30)38(39,40)41/h5-7,11-18,21,25-27,34,46H,8-10,19-20,22-24H2,1-4H3,(H,42,47)(H,43,49)/t25-,26-,27-,34+/m0/s1. The number of aliphatic hydroxyl groups excluding tert-OH is 1. The van der Waals surface area contributed by atoms with Crippen LogP contribution in [0.3, 0.4) is 0 Å². The van der Waals surface area contributed by atoms with Gasteiger partial charge in [-0.05, 0) is 81.1 Å². The van der Waals surface area contributed by atoms with E-state index in [1.165, 1.54) is 21.9 Å². The summed E-state index contributed by atoms with van der Waals surface area (Å²) in [6.07, 6.45) is -2.94. The molecule has 3 aromatic rings. The molecule has 4 amide bonds. The van der Waals surface area contributed by atoms with E-state index >= 15 is 0 Å². The molecule has 0 radical (unpaired) electrons. The number of benzene rings is 3. The smallest absolute Gasteiger partial charge is 0.416 e. The second kappa shape index (κ2) is 18.0. The predicted molar refractivity (Wildman–Crippen MR) is 189 cm³/mol. The van der Waals surface area contributed by atoms with Gasteiger partial charge in [0.15, 0.2) is 0 Å². The summed E-state index contributed by atoms with van der Waals surface area (Å²) in [6, 6.07) is 17.3. The third-order valence-electron chi connectivity index (χ3n) is 8.81. The van der Waals surface area contributed by atoms with Gasteiger partial charge in [-0.3, -0.25) is 9.59 Å². The van der Waals surface area contributed by atoms with Gasteiger partial charge in [0.05, 0.1) is 42.4 Å². The Bertz CT molecular complexity index is 1610. The fraction of sp³-hybridized carbons (Fsp3) is 0.447. The number of urea groups is 1. The number of fused-ring (bicyclic) bond motifs is 1. The molecule has 4 atom stereocenters. The number of ether oxygens (including phenoxy) is 2. The van der Waals surface area contributed by atoms with E-state index in [0.717, 1.165) is 24.1 Å². The molecule has 1 aliphatic heterocycles. The molecule has 3 aromatic carbocycles. The van der Waals surface area contributed by atoms with Gasteiger partial charge in [-0.25, -0.2) is 4.79 Å². The zero-order valence-corrected chi connectivity index (χ0v) is 29.4. The van der Waals surface area contributed by atoms with Crippen molar-refractivity contribution >= 4 is 29.2 Å². The minimum absolute atomic E-state index is 0.122. The Kier molecular flexibility index (Phi) is 13.9.